The van der Waals surface area contributed by atoms with Crippen LogP contribution < -0.4 is 11.5 Å². The van der Waals surface area contributed by atoms with Gasteiger partial charge in [0.15, 0.2) is 5.11 Å². The van der Waals surface area contributed by atoms with Crippen molar-refractivity contribution in [2.24, 2.45) is 11.5 Å². The monoisotopic (exact) mass is 254 g/mol. The molecular formula is CH6N2O5S2Zn. The molecule has 11 heavy (non-hydrogen) atoms. The second-order valence-electron chi connectivity index (χ2n) is 0.850. The van der Waals surface area contributed by atoms with Gasteiger partial charge in [0.1, 0.15) is 0 Å². The molecule has 0 saturated heterocycles. The number of hydrogen-bond donors (Lipinski definition) is 4. The molecule has 6 N–H and O–H groups in total. The predicted octanol–water partition coefficient (Wildman–Crippen LogP) is -1.59. The van der Waals surface area contributed by atoms with Gasteiger partial charge in [0, 0.05) is 25.0 Å². The summed E-state index contributed by atoms with van der Waals surface area (Å²) in [6, 6.07) is 0. The van der Waals surface area contributed by atoms with E-state index in [4.69, 9.17) is 17.5 Å². The van der Waals surface area contributed by atoms with E-state index in [0.29, 0.717) is 0 Å². The molecule has 0 aromatic heterocycles. The fraction of sp³-hybridized carbons (Fsp3) is 0. The molecule has 10 heteroatoms. The molecule has 0 unspecified atom stereocenters. The van der Waals surface area contributed by atoms with Crippen LogP contribution in [0.4, 0.5) is 0 Å². The van der Waals surface area contributed by atoms with Gasteiger partial charge in [-0.05, 0) is 12.2 Å². The van der Waals surface area contributed by atoms with Crippen molar-refractivity contribution in [3.05, 3.63) is 0 Å². The third-order valence-electron chi connectivity index (χ3n) is 0. The molecule has 64 valence electrons. The van der Waals surface area contributed by atoms with Crippen LogP contribution in [0.2, 0.25) is 0 Å². The first-order chi connectivity index (χ1) is 3.73. The summed E-state index contributed by atoms with van der Waals surface area (Å²) < 4.78 is 31.6. The normalized spacial score (nSPS) is 7.45. The van der Waals surface area contributed by atoms with Crippen LogP contribution in [0.25, 0.3) is 0 Å². The number of nitrogens with two attached hydrogens (primary N) is 2. The summed E-state index contributed by atoms with van der Waals surface area (Å²) in [5.41, 5.74) is 9.24. The van der Waals surface area contributed by atoms with Gasteiger partial charge in [0.05, 0.1) is 0 Å². The first kappa shape index (κ1) is 22.5. The van der Waals surface area contributed by atoms with Crippen molar-refractivity contribution in [2.75, 3.05) is 0 Å². The van der Waals surface area contributed by atoms with Gasteiger partial charge in [0.2, 0.25) is 0 Å². The molecule has 0 aliphatic rings. The van der Waals surface area contributed by atoms with Crippen molar-refractivity contribution in [3.8, 4) is 0 Å². The number of rotatable bonds is 0. The molecule has 0 rings (SSSR count). The number of thiocarbonyl (C=S) groups is 1. The summed E-state index contributed by atoms with van der Waals surface area (Å²) in [5, 5.41) is 0.000000000000000222. The SMILES string of the molecule is NC(N)=S.O=S(=O)(O)O.[O].[Zn]. The minimum atomic E-state index is -4.67. The van der Waals surface area contributed by atoms with Gasteiger partial charge in [-0.15, -0.1) is 0 Å². The standard InChI is InChI=1S/CH4N2S.H2O4S.O.Zn/c2-1(3)4;1-5(2,3)4;;/h(H4,2,3,4);(H2,1,2,3,4);;. The summed E-state index contributed by atoms with van der Waals surface area (Å²) in [5.74, 6) is 0. The van der Waals surface area contributed by atoms with E-state index in [2.05, 4.69) is 23.7 Å². The van der Waals surface area contributed by atoms with Gasteiger partial charge < -0.3 is 11.5 Å². The zero-order valence-electron chi connectivity index (χ0n) is 5.30. The maximum atomic E-state index is 8.74. The van der Waals surface area contributed by atoms with E-state index in [0.717, 1.165) is 0 Å². The van der Waals surface area contributed by atoms with Crippen LogP contribution in [0.3, 0.4) is 0 Å². The second-order valence-corrected chi connectivity index (χ2v) is 2.22. The molecule has 0 aromatic carbocycles. The van der Waals surface area contributed by atoms with E-state index in [1.54, 1.807) is 0 Å². The smallest absolute Gasteiger partial charge is 0.377 e. The molecule has 0 spiro atoms. The Bertz CT molecular complexity index is 165. The molecule has 0 fully saturated rings. The molecule has 0 bridgehead atoms. The Morgan fingerprint density at radius 3 is 1.27 bits per heavy atom. The van der Waals surface area contributed by atoms with Gasteiger partial charge in [0.25, 0.3) is 0 Å². The molecule has 0 saturated carbocycles. The van der Waals surface area contributed by atoms with Crippen LogP contribution in [0.15, 0.2) is 0 Å². The zero-order chi connectivity index (χ0) is 8.08. The Kier molecular flexibility index (Phi) is 20.7. The van der Waals surface area contributed by atoms with E-state index < -0.39 is 10.4 Å². The second kappa shape index (κ2) is 10.1. The molecule has 0 heterocycles. The summed E-state index contributed by atoms with van der Waals surface area (Å²) >= 11 is 4.09. The quantitative estimate of drug-likeness (QED) is 0.231. The minimum Gasteiger partial charge on any atom is -0.377 e. The molecule has 0 aliphatic carbocycles. The fourth-order valence-electron chi connectivity index (χ4n) is 0. The van der Waals surface area contributed by atoms with Crippen molar-refractivity contribution in [1.82, 2.24) is 0 Å². The molecule has 7 nitrogen and oxygen atoms in total. The Hall–Kier alpha value is 0.143. The van der Waals surface area contributed by atoms with E-state index in [1.165, 1.54) is 0 Å². The first-order valence-corrected chi connectivity index (χ1v) is 3.29. The molecule has 0 aliphatic heterocycles. The van der Waals surface area contributed by atoms with E-state index in [-0.39, 0.29) is 30.1 Å². The van der Waals surface area contributed by atoms with Gasteiger partial charge in [-0.3, -0.25) is 9.11 Å². The summed E-state index contributed by atoms with van der Waals surface area (Å²) in [7, 11) is -4.67. The Balaban J connectivity index is -0.0000000383. The summed E-state index contributed by atoms with van der Waals surface area (Å²) in [6.45, 7) is 0. The molecule has 0 amide bonds. The van der Waals surface area contributed by atoms with Crippen LogP contribution in [-0.2, 0) is 35.4 Å². The van der Waals surface area contributed by atoms with E-state index >= 15 is 0 Å². The topological polar surface area (TPSA) is 155 Å². The van der Waals surface area contributed by atoms with Crippen LogP contribution >= 0.6 is 12.2 Å². The largest absolute Gasteiger partial charge is 0.394 e. The average molecular weight is 256 g/mol. The van der Waals surface area contributed by atoms with Crippen LogP contribution in [0, 0.1) is 0 Å². The number of hydrogen-bond acceptors (Lipinski definition) is 3. The van der Waals surface area contributed by atoms with Crippen molar-refractivity contribution in [3.63, 3.8) is 0 Å². The Labute approximate surface area is 81.8 Å². The van der Waals surface area contributed by atoms with Crippen molar-refractivity contribution >= 4 is 27.7 Å². The van der Waals surface area contributed by atoms with Gasteiger partial charge in [-0.1, -0.05) is 0 Å². The van der Waals surface area contributed by atoms with Gasteiger partial charge in [-0.2, -0.15) is 8.42 Å². The van der Waals surface area contributed by atoms with Gasteiger partial charge >= 0.3 is 10.4 Å². The van der Waals surface area contributed by atoms with Crippen LogP contribution in [0.5, 0.6) is 0 Å². The maximum absolute atomic E-state index is 8.74. The van der Waals surface area contributed by atoms with Crippen molar-refractivity contribution in [1.29, 1.82) is 0 Å². The fourth-order valence-corrected chi connectivity index (χ4v) is 0. The zero-order valence-corrected chi connectivity index (χ0v) is 9.90. The Morgan fingerprint density at radius 1 is 1.27 bits per heavy atom. The summed E-state index contributed by atoms with van der Waals surface area (Å²) in [4.78, 5) is 0. The molecule has 2 radical (unpaired) electrons. The third-order valence-corrected chi connectivity index (χ3v) is 0. The van der Waals surface area contributed by atoms with Crippen LogP contribution in [-0.4, -0.2) is 22.6 Å². The molecule has 0 aromatic rings. The van der Waals surface area contributed by atoms with Crippen molar-refractivity contribution in [2.45, 2.75) is 0 Å². The minimum absolute atomic E-state index is 0. The van der Waals surface area contributed by atoms with E-state index in [1.807, 2.05) is 0 Å². The summed E-state index contributed by atoms with van der Waals surface area (Å²) in [6.07, 6.45) is 0. The third kappa shape index (κ3) is 32700. The average Bonchev–Trinajstić information content (AvgIpc) is 1.19. The predicted molar refractivity (Wildman–Crippen MR) is 35.8 cm³/mol. The van der Waals surface area contributed by atoms with Gasteiger partial charge in [-0.25, -0.2) is 0 Å². The molecular weight excluding hydrogens is 250 g/mol. The van der Waals surface area contributed by atoms with Crippen LogP contribution in [0.1, 0.15) is 0 Å². The first-order valence-electron chi connectivity index (χ1n) is 1.48. The Morgan fingerprint density at radius 2 is 1.27 bits per heavy atom. The van der Waals surface area contributed by atoms with Crippen molar-refractivity contribution < 1.29 is 42.5 Å². The van der Waals surface area contributed by atoms with E-state index in [9.17, 15) is 0 Å². The molecule has 0 atom stereocenters. The maximum Gasteiger partial charge on any atom is 0.394 e.